The Morgan fingerprint density at radius 3 is 1.84 bits per heavy atom. The minimum Gasteiger partial charge on any atom is -0.454 e. The highest BCUT2D eigenvalue weighted by Crippen LogP contribution is 2.42. The number of furan rings is 1. The van der Waals surface area contributed by atoms with E-state index in [1.807, 2.05) is 54.7 Å². The summed E-state index contributed by atoms with van der Waals surface area (Å²) < 4.78 is 13.5. The molecule has 0 fully saturated rings. The van der Waals surface area contributed by atoms with Gasteiger partial charge in [0.2, 0.25) is 0 Å². The van der Waals surface area contributed by atoms with E-state index in [0.29, 0.717) is 11.1 Å². The minimum absolute atomic E-state index is 0.591. The normalized spacial score (nSPS) is 12.0. The zero-order valence-electron chi connectivity index (χ0n) is 26.2. The number of thiophene rings is 1. The maximum Gasteiger partial charge on any atom is 0.153 e. The van der Waals surface area contributed by atoms with Crippen LogP contribution in [0.1, 0.15) is 11.1 Å². The van der Waals surface area contributed by atoms with Gasteiger partial charge in [-0.15, -0.1) is 11.3 Å². The molecule has 0 bridgehead atoms. The Morgan fingerprint density at radius 2 is 1.16 bits per heavy atom. The third-order valence-electron chi connectivity index (χ3n) is 10.0. The molecular weight excluding hydrogens is 635 g/mol. The Kier molecular flexibility index (Phi) is 5.31. The van der Waals surface area contributed by atoms with Gasteiger partial charge in [-0.25, -0.2) is 0 Å². The predicted molar refractivity (Wildman–Crippen MR) is 203 cm³/mol. The van der Waals surface area contributed by atoms with Crippen LogP contribution in [0.15, 0.2) is 132 Å². The Balaban J connectivity index is 1.16. The van der Waals surface area contributed by atoms with Crippen molar-refractivity contribution in [1.82, 2.24) is 14.1 Å². The van der Waals surface area contributed by atoms with Crippen LogP contribution in [0.4, 0.5) is 0 Å². The Bertz CT molecular complexity index is 3290. The molecule has 11 aromatic rings. The van der Waals surface area contributed by atoms with Gasteiger partial charge in [0.1, 0.15) is 11.1 Å². The molecule has 5 aromatic heterocycles. The van der Waals surface area contributed by atoms with Crippen LogP contribution >= 0.6 is 11.3 Å². The summed E-state index contributed by atoms with van der Waals surface area (Å²) in [5, 5.41) is 26.8. The molecule has 0 aliphatic rings. The number of nitriles is 2. The molecule has 0 saturated heterocycles. The summed E-state index contributed by atoms with van der Waals surface area (Å²) in [6.07, 6.45) is 1.81. The van der Waals surface area contributed by atoms with Gasteiger partial charge in [0.15, 0.2) is 5.58 Å². The molecule has 0 aliphatic heterocycles. The zero-order valence-corrected chi connectivity index (χ0v) is 27.0. The van der Waals surface area contributed by atoms with E-state index in [0.717, 1.165) is 77.1 Å². The van der Waals surface area contributed by atoms with Gasteiger partial charge in [-0.2, -0.15) is 10.5 Å². The van der Waals surface area contributed by atoms with E-state index < -0.39 is 0 Å². The molecule has 230 valence electrons. The fourth-order valence-electron chi connectivity index (χ4n) is 7.86. The molecule has 0 saturated carbocycles. The standard InChI is InChI=1S/C43H21N5OS/c44-22-24-7-12-35-30(18-24)31-19-25(23-45)8-13-36(31)47(35)26-9-15-39-32(20-26)33-21-27(10-16-40(33)50-39)48-34-5-2-1-4-28(34)41-37(48)14-11-29-42-38(49-43(29)41)6-3-17-46-42/h1-21H. The summed E-state index contributed by atoms with van der Waals surface area (Å²) in [4.78, 5) is 4.63. The van der Waals surface area contributed by atoms with Crippen molar-refractivity contribution in [2.45, 2.75) is 0 Å². The van der Waals surface area contributed by atoms with Crippen molar-refractivity contribution in [3.63, 3.8) is 0 Å². The molecule has 0 aliphatic carbocycles. The lowest BCUT2D eigenvalue weighted by Gasteiger charge is -2.10. The molecule has 0 atom stereocenters. The number of fused-ring (bicyclic) bond motifs is 13. The molecule has 6 aromatic carbocycles. The van der Waals surface area contributed by atoms with Crippen molar-refractivity contribution in [3.05, 3.63) is 139 Å². The highest BCUT2D eigenvalue weighted by atomic mass is 32.1. The number of aromatic nitrogens is 3. The van der Waals surface area contributed by atoms with Gasteiger partial charge >= 0.3 is 0 Å². The molecule has 5 heterocycles. The molecule has 6 nitrogen and oxygen atoms in total. The number of hydrogen-bond donors (Lipinski definition) is 0. The smallest absolute Gasteiger partial charge is 0.153 e. The first kappa shape index (κ1) is 27.1. The van der Waals surface area contributed by atoms with Crippen LogP contribution in [0, 0.1) is 22.7 Å². The third-order valence-corrected chi connectivity index (χ3v) is 11.2. The lowest BCUT2D eigenvalue weighted by atomic mass is 10.1. The first-order valence-corrected chi connectivity index (χ1v) is 17.0. The molecule has 7 heteroatoms. The van der Waals surface area contributed by atoms with Gasteiger partial charge in [-0.05, 0) is 103 Å². The van der Waals surface area contributed by atoms with Crippen molar-refractivity contribution in [2.75, 3.05) is 0 Å². The first-order chi connectivity index (χ1) is 24.7. The Hall–Kier alpha value is -6.93. The predicted octanol–water partition coefficient (Wildman–Crippen LogP) is 11.3. The topological polar surface area (TPSA) is 83.5 Å². The summed E-state index contributed by atoms with van der Waals surface area (Å²) in [5.41, 5.74) is 9.97. The SMILES string of the molecule is N#Cc1ccc2c(c1)c1cc(C#N)ccc1n2-c1ccc2sc3ccc(-n4c5ccccc5c5c6oc7cccnc7c6ccc54)cc3c2c1. The molecule has 50 heavy (non-hydrogen) atoms. The summed E-state index contributed by atoms with van der Waals surface area (Å²) in [6, 6.07) is 46.2. The fourth-order valence-corrected chi connectivity index (χ4v) is 8.92. The average Bonchev–Trinajstić information content (AvgIpc) is 3.91. The number of benzene rings is 6. The maximum absolute atomic E-state index is 9.66. The van der Waals surface area contributed by atoms with Gasteiger partial charge in [-0.3, -0.25) is 4.98 Å². The van der Waals surface area contributed by atoms with E-state index in [4.69, 9.17) is 4.42 Å². The lowest BCUT2D eigenvalue weighted by molar-refractivity contribution is 0.672. The van der Waals surface area contributed by atoms with E-state index in [-0.39, 0.29) is 0 Å². The average molecular weight is 656 g/mol. The lowest BCUT2D eigenvalue weighted by Crippen LogP contribution is -1.94. The van der Waals surface area contributed by atoms with Crippen LogP contribution in [-0.2, 0) is 0 Å². The Morgan fingerprint density at radius 1 is 0.540 bits per heavy atom. The molecule has 0 unspecified atom stereocenters. The van der Waals surface area contributed by atoms with E-state index in [2.05, 4.69) is 99.1 Å². The third kappa shape index (κ3) is 3.56. The second kappa shape index (κ2) is 9.81. The fraction of sp³-hybridized carbons (Fsp3) is 0. The Labute approximate surface area is 287 Å². The second-order valence-electron chi connectivity index (χ2n) is 12.6. The van der Waals surface area contributed by atoms with E-state index >= 15 is 0 Å². The second-order valence-corrected chi connectivity index (χ2v) is 13.7. The van der Waals surface area contributed by atoms with E-state index in [1.165, 1.54) is 20.2 Å². The highest BCUT2D eigenvalue weighted by molar-refractivity contribution is 7.25. The van der Waals surface area contributed by atoms with Gasteiger partial charge in [-0.1, -0.05) is 18.2 Å². The molecule has 0 spiro atoms. The quantitative estimate of drug-likeness (QED) is 0.185. The van der Waals surface area contributed by atoms with Crippen molar-refractivity contribution in [1.29, 1.82) is 10.5 Å². The molecule has 0 radical (unpaired) electrons. The van der Waals surface area contributed by atoms with Crippen LogP contribution in [0.5, 0.6) is 0 Å². The summed E-state index contributed by atoms with van der Waals surface area (Å²) >= 11 is 1.79. The zero-order chi connectivity index (χ0) is 33.1. The molecule has 11 rings (SSSR count). The number of nitrogens with zero attached hydrogens (tertiary/aromatic N) is 5. The maximum atomic E-state index is 9.66. The van der Waals surface area contributed by atoms with Gasteiger partial charge in [0.05, 0.1) is 50.7 Å². The van der Waals surface area contributed by atoms with Crippen molar-refractivity contribution < 1.29 is 4.42 Å². The van der Waals surface area contributed by atoms with Crippen LogP contribution in [0.2, 0.25) is 0 Å². The van der Waals surface area contributed by atoms with Gasteiger partial charge in [0, 0.05) is 59.3 Å². The highest BCUT2D eigenvalue weighted by Gasteiger charge is 2.20. The molecule has 0 N–H and O–H groups in total. The molecule has 0 amide bonds. The number of pyridine rings is 1. The first-order valence-electron chi connectivity index (χ1n) is 16.2. The largest absolute Gasteiger partial charge is 0.454 e. The van der Waals surface area contributed by atoms with Crippen molar-refractivity contribution in [3.8, 4) is 23.5 Å². The minimum atomic E-state index is 0.591. The summed E-state index contributed by atoms with van der Waals surface area (Å²) in [5.74, 6) is 0. The van der Waals surface area contributed by atoms with Gasteiger partial charge in [0.25, 0.3) is 0 Å². The molecular formula is C43H21N5OS. The number of hydrogen-bond acceptors (Lipinski definition) is 5. The number of para-hydroxylation sites is 1. The van der Waals surface area contributed by atoms with Crippen LogP contribution in [0.25, 0.3) is 97.2 Å². The van der Waals surface area contributed by atoms with E-state index in [1.54, 1.807) is 11.3 Å². The van der Waals surface area contributed by atoms with Crippen LogP contribution in [-0.4, -0.2) is 14.1 Å². The summed E-state index contributed by atoms with van der Waals surface area (Å²) in [7, 11) is 0. The monoisotopic (exact) mass is 655 g/mol. The van der Waals surface area contributed by atoms with Crippen molar-refractivity contribution >= 4 is 97.2 Å². The number of rotatable bonds is 2. The van der Waals surface area contributed by atoms with Crippen LogP contribution < -0.4 is 0 Å². The van der Waals surface area contributed by atoms with Gasteiger partial charge < -0.3 is 13.6 Å². The van der Waals surface area contributed by atoms with Crippen LogP contribution in [0.3, 0.4) is 0 Å². The van der Waals surface area contributed by atoms with Crippen molar-refractivity contribution in [2.24, 2.45) is 0 Å². The van der Waals surface area contributed by atoms with E-state index in [9.17, 15) is 10.5 Å². The summed E-state index contributed by atoms with van der Waals surface area (Å²) in [6.45, 7) is 0.